The van der Waals surface area contributed by atoms with Gasteiger partial charge in [-0.3, -0.25) is 14.5 Å². The lowest BCUT2D eigenvalue weighted by Crippen LogP contribution is -2.55. The Labute approximate surface area is 62.6 Å². The highest BCUT2D eigenvalue weighted by Crippen LogP contribution is 2.14. The van der Waals surface area contributed by atoms with Crippen molar-refractivity contribution in [1.29, 1.82) is 0 Å². The van der Waals surface area contributed by atoms with E-state index in [1.54, 1.807) is 0 Å². The van der Waals surface area contributed by atoms with Crippen LogP contribution in [0.25, 0.3) is 0 Å². The molecule has 0 aromatic heterocycles. The first kappa shape index (κ1) is 7.71. The number of carbonyl (C=O) groups excluding carboxylic acids is 2. The highest BCUT2D eigenvalue weighted by atomic mass is 16.4. The lowest BCUT2D eigenvalue weighted by Gasteiger charge is -2.31. The molecule has 0 aromatic rings. The van der Waals surface area contributed by atoms with Crippen molar-refractivity contribution in [3.63, 3.8) is 0 Å². The maximum atomic E-state index is 10.6. The van der Waals surface area contributed by atoms with Gasteiger partial charge in [0.15, 0.2) is 0 Å². The minimum atomic E-state index is -1.16. The number of likely N-dealkylation sites (tertiary alicyclic amines) is 1. The van der Waals surface area contributed by atoms with E-state index in [0.717, 1.165) is 4.90 Å². The molecular weight excluding hydrogens is 150 g/mol. The van der Waals surface area contributed by atoms with E-state index in [1.165, 1.54) is 6.92 Å². The number of carboxylic acids is 1. The van der Waals surface area contributed by atoms with Crippen molar-refractivity contribution in [1.82, 2.24) is 4.90 Å². The highest BCUT2D eigenvalue weighted by Gasteiger charge is 2.40. The number of nitrogens with zero attached hydrogens (tertiary/aromatic N) is 1. The lowest BCUT2D eigenvalue weighted by molar-refractivity contribution is -0.167. The summed E-state index contributed by atoms with van der Waals surface area (Å²) in [6.07, 6.45) is -0.155. The number of amides is 2. The van der Waals surface area contributed by atoms with Crippen LogP contribution in [0.4, 0.5) is 0 Å². The first-order valence-corrected chi connectivity index (χ1v) is 3.11. The van der Waals surface area contributed by atoms with E-state index in [1.807, 2.05) is 0 Å². The molecule has 1 saturated heterocycles. The summed E-state index contributed by atoms with van der Waals surface area (Å²) in [6.45, 7) is 1.30. The van der Waals surface area contributed by atoms with Gasteiger partial charge in [0.05, 0.1) is 0 Å². The number of rotatable bonds is 2. The Bertz CT molecular complexity index is 221. The summed E-state index contributed by atoms with van der Waals surface area (Å²) in [6, 6.07) is -1.02. The molecule has 1 rings (SSSR count). The molecule has 1 N–H and O–H groups in total. The Morgan fingerprint density at radius 3 is 2.18 bits per heavy atom. The summed E-state index contributed by atoms with van der Waals surface area (Å²) >= 11 is 0. The maximum Gasteiger partial charge on any atom is 0.326 e. The van der Waals surface area contributed by atoms with Crippen LogP contribution in [-0.2, 0) is 14.4 Å². The predicted octanol–water partition coefficient (Wildman–Crippen LogP) is -0.782. The van der Waals surface area contributed by atoms with E-state index < -0.39 is 23.8 Å². The number of carboxylic acid groups (broad SMARTS) is 1. The molecule has 0 bridgehead atoms. The molecule has 0 aliphatic carbocycles. The smallest absolute Gasteiger partial charge is 0.326 e. The van der Waals surface area contributed by atoms with Gasteiger partial charge < -0.3 is 5.11 Å². The monoisotopic (exact) mass is 157 g/mol. The normalized spacial score (nSPS) is 19.5. The van der Waals surface area contributed by atoms with Crippen molar-refractivity contribution in [2.75, 3.05) is 0 Å². The quantitative estimate of drug-likeness (QED) is 0.421. The number of β-lactam (4-membered cyclic amide) rings is 2. The number of aliphatic carboxylic acids is 1. The molecule has 1 atom stereocenters. The standard InChI is InChI=1S/C6H7NO4/c1-3(6(10)11)7-4(8)2-5(7)9/h3H,2H2,1H3,(H,10,11)/t3-/m1/s1. The molecule has 0 saturated carbocycles. The Morgan fingerprint density at radius 2 is 2.00 bits per heavy atom. The summed E-state index contributed by atoms with van der Waals surface area (Å²) in [7, 11) is 0. The van der Waals surface area contributed by atoms with Crippen LogP contribution in [0.2, 0.25) is 0 Å². The largest absolute Gasteiger partial charge is 0.480 e. The van der Waals surface area contributed by atoms with Gasteiger partial charge in [0.2, 0.25) is 11.8 Å². The van der Waals surface area contributed by atoms with Crippen LogP contribution in [0.15, 0.2) is 0 Å². The molecule has 1 fully saturated rings. The van der Waals surface area contributed by atoms with Crippen LogP contribution in [0.1, 0.15) is 13.3 Å². The van der Waals surface area contributed by atoms with Crippen LogP contribution in [0.5, 0.6) is 0 Å². The fourth-order valence-corrected chi connectivity index (χ4v) is 0.890. The van der Waals surface area contributed by atoms with E-state index in [-0.39, 0.29) is 6.42 Å². The van der Waals surface area contributed by atoms with E-state index in [4.69, 9.17) is 5.11 Å². The van der Waals surface area contributed by atoms with Crippen molar-refractivity contribution in [2.24, 2.45) is 0 Å². The maximum absolute atomic E-state index is 10.6. The molecule has 1 heterocycles. The molecule has 11 heavy (non-hydrogen) atoms. The summed E-state index contributed by atoms with van der Waals surface area (Å²) in [5.41, 5.74) is 0. The molecule has 0 unspecified atom stereocenters. The van der Waals surface area contributed by atoms with Gasteiger partial charge in [-0.1, -0.05) is 0 Å². The van der Waals surface area contributed by atoms with E-state index in [9.17, 15) is 14.4 Å². The SMILES string of the molecule is C[C@H](C(=O)O)N1C(=O)CC1=O. The summed E-state index contributed by atoms with van der Waals surface area (Å²) in [5.74, 6) is -1.98. The van der Waals surface area contributed by atoms with Gasteiger partial charge in [0.1, 0.15) is 12.5 Å². The molecule has 60 valence electrons. The van der Waals surface area contributed by atoms with Crippen molar-refractivity contribution in [2.45, 2.75) is 19.4 Å². The molecule has 0 spiro atoms. The summed E-state index contributed by atoms with van der Waals surface area (Å²) < 4.78 is 0. The van der Waals surface area contributed by atoms with Gasteiger partial charge in [0, 0.05) is 0 Å². The van der Waals surface area contributed by atoms with Crippen molar-refractivity contribution in [3.05, 3.63) is 0 Å². The van der Waals surface area contributed by atoms with E-state index in [0.29, 0.717) is 0 Å². The van der Waals surface area contributed by atoms with Crippen LogP contribution in [0, 0.1) is 0 Å². The minimum Gasteiger partial charge on any atom is -0.480 e. The van der Waals surface area contributed by atoms with Crippen molar-refractivity contribution < 1.29 is 19.5 Å². The molecule has 1 aliphatic heterocycles. The fraction of sp³-hybridized carbons (Fsp3) is 0.500. The molecule has 5 heteroatoms. The predicted molar refractivity (Wildman–Crippen MR) is 33.6 cm³/mol. The van der Waals surface area contributed by atoms with Crippen LogP contribution >= 0.6 is 0 Å². The van der Waals surface area contributed by atoms with Crippen LogP contribution in [-0.4, -0.2) is 33.8 Å². The molecule has 0 radical (unpaired) electrons. The van der Waals surface area contributed by atoms with Crippen LogP contribution < -0.4 is 0 Å². The lowest BCUT2D eigenvalue weighted by atomic mass is 10.1. The fourth-order valence-electron chi connectivity index (χ4n) is 0.890. The number of carbonyl (C=O) groups is 3. The van der Waals surface area contributed by atoms with Gasteiger partial charge in [-0.2, -0.15) is 0 Å². The zero-order valence-electron chi connectivity index (χ0n) is 5.90. The second-order valence-corrected chi connectivity index (χ2v) is 2.35. The van der Waals surface area contributed by atoms with Gasteiger partial charge in [-0.15, -0.1) is 0 Å². The molecule has 0 aromatic carbocycles. The first-order valence-electron chi connectivity index (χ1n) is 3.11. The third kappa shape index (κ3) is 1.09. The first-order chi connectivity index (χ1) is 5.04. The van der Waals surface area contributed by atoms with Crippen LogP contribution in [0.3, 0.4) is 0 Å². The number of hydrogen-bond donors (Lipinski definition) is 1. The van der Waals surface area contributed by atoms with Gasteiger partial charge in [0.25, 0.3) is 0 Å². The second-order valence-electron chi connectivity index (χ2n) is 2.35. The summed E-state index contributed by atoms with van der Waals surface area (Å²) in [5, 5.41) is 8.41. The van der Waals surface area contributed by atoms with Gasteiger partial charge in [-0.25, -0.2) is 4.79 Å². The summed E-state index contributed by atoms with van der Waals surface area (Å²) in [4.78, 5) is 32.3. The Hall–Kier alpha value is -1.39. The average molecular weight is 157 g/mol. The Morgan fingerprint density at radius 1 is 1.55 bits per heavy atom. The molecular formula is C6H7NO4. The topological polar surface area (TPSA) is 74.7 Å². The Balaban J connectivity index is 2.67. The Kier molecular flexibility index (Phi) is 1.64. The van der Waals surface area contributed by atoms with Gasteiger partial charge >= 0.3 is 5.97 Å². The third-order valence-electron chi connectivity index (χ3n) is 1.58. The molecule has 2 amide bonds. The highest BCUT2D eigenvalue weighted by molar-refractivity contribution is 6.16. The zero-order chi connectivity index (χ0) is 8.59. The molecule has 5 nitrogen and oxygen atoms in total. The number of imide groups is 1. The third-order valence-corrected chi connectivity index (χ3v) is 1.58. The van der Waals surface area contributed by atoms with Gasteiger partial charge in [-0.05, 0) is 6.92 Å². The van der Waals surface area contributed by atoms with Crippen molar-refractivity contribution >= 4 is 17.8 Å². The average Bonchev–Trinajstić information content (AvgIpc) is 1.86. The minimum absolute atomic E-state index is 0.155. The van der Waals surface area contributed by atoms with E-state index >= 15 is 0 Å². The molecule has 1 aliphatic rings. The zero-order valence-corrected chi connectivity index (χ0v) is 5.90. The van der Waals surface area contributed by atoms with E-state index in [2.05, 4.69) is 0 Å². The number of hydrogen-bond acceptors (Lipinski definition) is 3. The van der Waals surface area contributed by atoms with Crippen molar-refractivity contribution in [3.8, 4) is 0 Å². The second kappa shape index (κ2) is 2.34.